The van der Waals surface area contributed by atoms with Crippen LogP contribution in [0.15, 0.2) is 16.6 Å². The number of aromatic nitrogens is 1. The van der Waals surface area contributed by atoms with E-state index < -0.39 is 0 Å². The van der Waals surface area contributed by atoms with Crippen LogP contribution in [-0.2, 0) is 0 Å². The Hall–Kier alpha value is -0.610. The maximum absolute atomic E-state index is 4.59. The van der Waals surface area contributed by atoms with Gasteiger partial charge in [-0.25, -0.2) is 4.98 Å². The third-order valence-electron chi connectivity index (χ3n) is 2.67. The fourth-order valence-electron chi connectivity index (χ4n) is 1.78. The van der Waals surface area contributed by atoms with Crippen LogP contribution in [0, 0.1) is 6.92 Å². The number of aryl methyl sites for hydroxylation is 1. The van der Waals surface area contributed by atoms with Crippen LogP contribution in [0.4, 0.5) is 5.82 Å². The number of nitrogens with one attached hydrogen (secondary N) is 1. The fourth-order valence-corrected chi connectivity index (χ4v) is 2.00. The van der Waals surface area contributed by atoms with Crippen molar-refractivity contribution in [2.24, 2.45) is 0 Å². The molecule has 0 aromatic carbocycles. The number of nitrogens with zero attached hydrogens (tertiary/aromatic N) is 2. The van der Waals surface area contributed by atoms with Gasteiger partial charge in [0, 0.05) is 24.1 Å². The van der Waals surface area contributed by atoms with Crippen LogP contribution in [0.5, 0.6) is 0 Å². The van der Waals surface area contributed by atoms with Crippen LogP contribution in [0.2, 0.25) is 0 Å². The molecular weight excluding hydrogens is 254 g/mol. The van der Waals surface area contributed by atoms with Crippen molar-refractivity contribution in [2.45, 2.75) is 13.3 Å². The van der Waals surface area contributed by atoms with Crippen molar-refractivity contribution in [3.63, 3.8) is 0 Å². The van der Waals surface area contributed by atoms with Gasteiger partial charge in [0.1, 0.15) is 5.82 Å². The van der Waals surface area contributed by atoms with Gasteiger partial charge in [-0.05, 0) is 48.0 Å². The van der Waals surface area contributed by atoms with Crippen LogP contribution in [-0.4, -0.2) is 31.2 Å². The molecule has 1 saturated heterocycles. The molecule has 3 nitrogen and oxygen atoms in total. The summed E-state index contributed by atoms with van der Waals surface area (Å²) in [7, 11) is 0. The van der Waals surface area contributed by atoms with Crippen molar-refractivity contribution >= 4 is 21.7 Å². The van der Waals surface area contributed by atoms with Crippen molar-refractivity contribution in [3.8, 4) is 0 Å². The number of pyridine rings is 1. The van der Waals surface area contributed by atoms with Gasteiger partial charge in [-0.2, -0.15) is 0 Å². The van der Waals surface area contributed by atoms with E-state index in [9.17, 15) is 0 Å². The first-order valence-electron chi connectivity index (χ1n) is 5.36. The molecule has 0 amide bonds. The Morgan fingerprint density at radius 2 is 2.20 bits per heavy atom. The Labute approximate surface area is 99.0 Å². The minimum Gasteiger partial charge on any atom is -0.355 e. The lowest BCUT2D eigenvalue weighted by Gasteiger charge is -2.21. The normalized spacial score (nSPS) is 17.6. The molecular formula is C11H16BrN3. The smallest absolute Gasteiger partial charge is 0.128 e. The molecule has 0 saturated carbocycles. The van der Waals surface area contributed by atoms with Gasteiger partial charge < -0.3 is 10.2 Å². The Morgan fingerprint density at radius 1 is 1.33 bits per heavy atom. The second-order valence-corrected chi connectivity index (χ2v) is 4.68. The predicted octanol–water partition coefficient (Wildman–Crippen LogP) is 1.95. The molecule has 1 N–H and O–H groups in total. The first kappa shape index (κ1) is 10.9. The Bertz CT molecular complexity index is 333. The molecule has 15 heavy (non-hydrogen) atoms. The highest BCUT2D eigenvalue weighted by Crippen LogP contribution is 2.19. The average Bonchev–Trinajstić information content (AvgIpc) is 2.50. The van der Waals surface area contributed by atoms with Crippen LogP contribution >= 0.6 is 15.9 Å². The van der Waals surface area contributed by atoms with Gasteiger partial charge >= 0.3 is 0 Å². The van der Waals surface area contributed by atoms with E-state index in [2.05, 4.69) is 43.3 Å². The van der Waals surface area contributed by atoms with Gasteiger partial charge in [0.15, 0.2) is 0 Å². The van der Waals surface area contributed by atoms with E-state index in [1.807, 2.05) is 6.92 Å². The first-order valence-corrected chi connectivity index (χ1v) is 6.15. The summed E-state index contributed by atoms with van der Waals surface area (Å²) in [6.07, 6.45) is 1.19. The molecule has 1 aliphatic heterocycles. The summed E-state index contributed by atoms with van der Waals surface area (Å²) >= 11 is 3.48. The van der Waals surface area contributed by atoms with E-state index in [4.69, 9.17) is 0 Å². The molecule has 0 spiro atoms. The number of hydrogen-bond donors (Lipinski definition) is 1. The summed E-state index contributed by atoms with van der Waals surface area (Å²) in [4.78, 5) is 6.94. The summed E-state index contributed by atoms with van der Waals surface area (Å²) in [5.41, 5.74) is 1.06. The second kappa shape index (κ2) is 4.94. The Morgan fingerprint density at radius 3 is 3.00 bits per heavy atom. The quantitative estimate of drug-likeness (QED) is 0.845. The van der Waals surface area contributed by atoms with Gasteiger partial charge in [-0.3, -0.25) is 0 Å². The van der Waals surface area contributed by atoms with E-state index in [0.717, 1.165) is 42.2 Å². The van der Waals surface area contributed by atoms with E-state index in [0.29, 0.717) is 0 Å². The zero-order chi connectivity index (χ0) is 10.7. The third kappa shape index (κ3) is 2.69. The predicted molar refractivity (Wildman–Crippen MR) is 66.4 cm³/mol. The van der Waals surface area contributed by atoms with Crippen LogP contribution in [0.3, 0.4) is 0 Å². The molecule has 4 heteroatoms. The van der Waals surface area contributed by atoms with Crippen molar-refractivity contribution in [3.05, 3.63) is 22.3 Å². The summed E-state index contributed by atoms with van der Waals surface area (Å²) < 4.78 is 1.08. The Kier molecular flexibility index (Phi) is 3.59. The van der Waals surface area contributed by atoms with Crippen LogP contribution < -0.4 is 10.2 Å². The molecule has 0 aliphatic carbocycles. The molecule has 1 aromatic heterocycles. The Balaban J connectivity index is 2.16. The highest BCUT2D eigenvalue weighted by Gasteiger charge is 2.10. The summed E-state index contributed by atoms with van der Waals surface area (Å²) in [5.74, 6) is 1.10. The standard InChI is InChI=1S/C11H16BrN3/c1-9-10(12)3-4-11(14-9)15-7-2-5-13-6-8-15/h3-4,13H,2,5-8H2,1H3. The molecule has 0 atom stereocenters. The van der Waals surface area contributed by atoms with Gasteiger partial charge in [-0.1, -0.05) is 0 Å². The molecule has 2 heterocycles. The molecule has 0 radical (unpaired) electrons. The van der Waals surface area contributed by atoms with Crippen LogP contribution in [0.25, 0.3) is 0 Å². The molecule has 0 unspecified atom stereocenters. The number of halogens is 1. The maximum atomic E-state index is 4.59. The van der Waals surface area contributed by atoms with Gasteiger partial charge in [0.2, 0.25) is 0 Å². The van der Waals surface area contributed by atoms with E-state index in [1.165, 1.54) is 6.42 Å². The zero-order valence-corrected chi connectivity index (χ0v) is 10.5. The largest absolute Gasteiger partial charge is 0.355 e. The summed E-state index contributed by atoms with van der Waals surface area (Å²) in [6.45, 7) is 6.35. The van der Waals surface area contributed by atoms with Gasteiger partial charge in [0.25, 0.3) is 0 Å². The minimum absolute atomic E-state index is 1.05. The van der Waals surface area contributed by atoms with Crippen LogP contribution in [0.1, 0.15) is 12.1 Å². The molecule has 82 valence electrons. The maximum Gasteiger partial charge on any atom is 0.128 e. The highest BCUT2D eigenvalue weighted by atomic mass is 79.9. The molecule has 1 aromatic rings. The summed E-state index contributed by atoms with van der Waals surface area (Å²) in [6, 6.07) is 4.17. The molecule has 1 aliphatic rings. The molecule has 1 fully saturated rings. The SMILES string of the molecule is Cc1nc(N2CCCNCC2)ccc1Br. The van der Waals surface area contributed by atoms with Crippen molar-refractivity contribution in [2.75, 3.05) is 31.1 Å². The minimum atomic E-state index is 1.05. The van der Waals surface area contributed by atoms with E-state index in [1.54, 1.807) is 0 Å². The monoisotopic (exact) mass is 269 g/mol. The second-order valence-electron chi connectivity index (χ2n) is 3.83. The third-order valence-corrected chi connectivity index (χ3v) is 3.51. The molecule has 0 bridgehead atoms. The average molecular weight is 270 g/mol. The van der Waals surface area contributed by atoms with Crippen molar-refractivity contribution in [1.29, 1.82) is 0 Å². The lowest BCUT2D eigenvalue weighted by atomic mass is 10.3. The summed E-state index contributed by atoms with van der Waals surface area (Å²) in [5, 5.41) is 3.39. The van der Waals surface area contributed by atoms with E-state index >= 15 is 0 Å². The topological polar surface area (TPSA) is 28.2 Å². The first-order chi connectivity index (χ1) is 7.27. The van der Waals surface area contributed by atoms with E-state index in [-0.39, 0.29) is 0 Å². The lowest BCUT2D eigenvalue weighted by Crippen LogP contribution is -2.28. The lowest BCUT2D eigenvalue weighted by molar-refractivity contribution is 0.724. The fraction of sp³-hybridized carbons (Fsp3) is 0.545. The van der Waals surface area contributed by atoms with Gasteiger partial charge in [0.05, 0.1) is 5.69 Å². The van der Waals surface area contributed by atoms with Crippen molar-refractivity contribution in [1.82, 2.24) is 10.3 Å². The molecule has 2 rings (SSSR count). The number of anilines is 1. The van der Waals surface area contributed by atoms with Crippen molar-refractivity contribution < 1.29 is 0 Å². The highest BCUT2D eigenvalue weighted by molar-refractivity contribution is 9.10. The number of hydrogen-bond acceptors (Lipinski definition) is 3. The number of rotatable bonds is 1. The van der Waals surface area contributed by atoms with Gasteiger partial charge in [-0.15, -0.1) is 0 Å². The zero-order valence-electron chi connectivity index (χ0n) is 8.96.